The monoisotopic (exact) mass is 352 g/mol. The minimum atomic E-state index is -0.793. The summed E-state index contributed by atoms with van der Waals surface area (Å²) in [5, 5.41) is 2.66. The Hall–Kier alpha value is -2.49. The lowest BCUT2D eigenvalue weighted by Crippen LogP contribution is -2.41. The molecule has 25 heavy (non-hydrogen) atoms. The maximum absolute atomic E-state index is 11.8. The van der Waals surface area contributed by atoms with Crippen LogP contribution in [0.5, 0.6) is 0 Å². The average molecular weight is 352 g/mol. The van der Waals surface area contributed by atoms with Crippen LogP contribution in [0.2, 0.25) is 0 Å². The molecule has 0 aliphatic heterocycles. The Morgan fingerprint density at radius 2 is 1.76 bits per heavy atom. The first-order chi connectivity index (χ1) is 11.9. The first-order valence-corrected chi connectivity index (χ1v) is 7.61. The van der Waals surface area contributed by atoms with E-state index in [1.165, 1.54) is 14.2 Å². The molecular weight excluding hydrogens is 328 g/mol. The largest absolute Gasteiger partial charge is 0.468 e. The zero-order valence-electron chi connectivity index (χ0n) is 14.4. The highest BCUT2D eigenvalue weighted by atomic mass is 16.5. The summed E-state index contributed by atoms with van der Waals surface area (Å²) in [6.07, 6.45) is 0. The van der Waals surface area contributed by atoms with Crippen molar-refractivity contribution in [3.63, 3.8) is 0 Å². The molecule has 9 heteroatoms. The van der Waals surface area contributed by atoms with E-state index in [4.69, 9.17) is 11.5 Å². The SMILES string of the molecule is COC(=O)CN(CC(=O)OC)Cc1cccc(NC(=O)[C@@H](N)CN)c1. The van der Waals surface area contributed by atoms with Gasteiger partial charge in [-0.1, -0.05) is 12.1 Å². The molecule has 1 atom stereocenters. The summed E-state index contributed by atoms with van der Waals surface area (Å²) in [5.41, 5.74) is 12.3. The fraction of sp³-hybridized carbons (Fsp3) is 0.438. The van der Waals surface area contributed by atoms with E-state index in [9.17, 15) is 14.4 Å². The standard InChI is InChI=1S/C16H24N4O5/c1-24-14(21)9-20(10-15(22)25-2)8-11-4-3-5-12(6-11)19-16(23)13(18)7-17/h3-6,13H,7-10,17-18H2,1-2H3,(H,19,23)/t13-/m0/s1. The van der Waals surface area contributed by atoms with Crippen LogP contribution in [-0.4, -0.2) is 62.6 Å². The van der Waals surface area contributed by atoms with Gasteiger partial charge in [-0.15, -0.1) is 0 Å². The van der Waals surface area contributed by atoms with Crippen molar-refractivity contribution in [2.24, 2.45) is 11.5 Å². The van der Waals surface area contributed by atoms with E-state index in [0.717, 1.165) is 5.56 Å². The van der Waals surface area contributed by atoms with Gasteiger partial charge in [-0.05, 0) is 17.7 Å². The van der Waals surface area contributed by atoms with Crippen molar-refractivity contribution in [1.82, 2.24) is 4.90 Å². The van der Waals surface area contributed by atoms with Crippen molar-refractivity contribution in [3.05, 3.63) is 29.8 Å². The molecule has 0 saturated carbocycles. The number of methoxy groups -OCH3 is 2. The topological polar surface area (TPSA) is 137 Å². The highest BCUT2D eigenvalue weighted by molar-refractivity contribution is 5.94. The highest BCUT2D eigenvalue weighted by Crippen LogP contribution is 2.13. The third kappa shape index (κ3) is 7.29. The Balaban J connectivity index is 2.82. The summed E-state index contributed by atoms with van der Waals surface area (Å²) in [4.78, 5) is 36.4. The number of carbonyl (C=O) groups is 3. The molecule has 5 N–H and O–H groups in total. The molecule has 0 aliphatic rings. The number of nitrogens with zero attached hydrogens (tertiary/aromatic N) is 1. The van der Waals surface area contributed by atoms with E-state index in [0.29, 0.717) is 5.69 Å². The van der Waals surface area contributed by atoms with Crippen LogP contribution >= 0.6 is 0 Å². The van der Waals surface area contributed by atoms with Crippen molar-refractivity contribution in [1.29, 1.82) is 0 Å². The van der Waals surface area contributed by atoms with E-state index in [1.807, 2.05) is 0 Å². The molecule has 9 nitrogen and oxygen atoms in total. The summed E-state index contributed by atoms with van der Waals surface area (Å²) < 4.78 is 9.27. The summed E-state index contributed by atoms with van der Waals surface area (Å²) in [6.45, 7) is 0.189. The fourth-order valence-electron chi connectivity index (χ4n) is 2.01. The Labute approximate surface area is 146 Å². The van der Waals surface area contributed by atoms with Gasteiger partial charge < -0.3 is 26.3 Å². The van der Waals surface area contributed by atoms with Crippen molar-refractivity contribution in [2.45, 2.75) is 12.6 Å². The fourth-order valence-corrected chi connectivity index (χ4v) is 2.01. The van der Waals surface area contributed by atoms with Gasteiger partial charge in [0.15, 0.2) is 0 Å². The maximum atomic E-state index is 11.8. The van der Waals surface area contributed by atoms with E-state index in [1.54, 1.807) is 29.2 Å². The van der Waals surface area contributed by atoms with Crippen molar-refractivity contribution < 1.29 is 23.9 Å². The van der Waals surface area contributed by atoms with Crippen LogP contribution in [0.3, 0.4) is 0 Å². The molecule has 1 aromatic rings. The van der Waals surface area contributed by atoms with E-state index in [2.05, 4.69) is 14.8 Å². The number of hydrogen-bond donors (Lipinski definition) is 3. The Bertz CT molecular complexity index is 590. The molecule has 0 saturated heterocycles. The highest BCUT2D eigenvalue weighted by Gasteiger charge is 2.16. The van der Waals surface area contributed by atoms with Gasteiger partial charge in [0.05, 0.1) is 33.4 Å². The molecule has 0 aliphatic carbocycles. The molecule has 0 aromatic heterocycles. The van der Waals surface area contributed by atoms with Gasteiger partial charge in [0.2, 0.25) is 5.91 Å². The number of amides is 1. The predicted octanol–water partition coefficient (Wildman–Crippen LogP) is -0.941. The number of carbonyl (C=O) groups excluding carboxylic acids is 3. The maximum Gasteiger partial charge on any atom is 0.319 e. The van der Waals surface area contributed by atoms with E-state index < -0.39 is 18.0 Å². The molecule has 0 bridgehead atoms. The van der Waals surface area contributed by atoms with Gasteiger partial charge in [-0.2, -0.15) is 0 Å². The van der Waals surface area contributed by atoms with Gasteiger partial charge in [-0.3, -0.25) is 19.3 Å². The zero-order chi connectivity index (χ0) is 18.8. The van der Waals surface area contributed by atoms with Crippen molar-refractivity contribution in [3.8, 4) is 0 Å². The number of rotatable bonds is 9. The number of hydrogen-bond acceptors (Lipinski definition) is 8. The smallest absolute Gasteiger partial charge is 0.319 e. The minimum absolute atomic E-state index is 0.0392. The Morgan fingerprint density at radius 1 is 1.16 bits per heavy atom. The van der Waals surface area contributed by atoms with Gasteiger partial charge in [0, 0.05) is 18.8 Å². The third-order valence-electron chi connectivity index (χ3n) is 3.35. The molecule has 138 valence electrons. The lowest BCUT2D eigenvalue weighted by molar-refractivity contribution is -0.145. The van der Waals surface area contributed by atoms with Gasteiger partial charge in [-0.25, -0.2) is 0 Å². The average Bonchev–Trinajstić information content (AvgIpc) is 2.60. The Morgan fingerprint density at radius 3 is 2.28 bits per heavy atom. The van der Waals surface area contributed by atoms with Crippen LogP contribution < -0.4 is 16.8 Å². The molecular formula is C16H24N4O5. The number of esters is 2. The van der Waals surface area contributed by atoms with Crippen LogP contribution in [0.15, 0.2) is 24.3 Å². The number of anilines is 1. The van der Waals surface area contributed by atoms with Crippen molar-refractivity contribution >= 4 is 23.5 Å². The molecule has 0 heterocycles. The van der Waals surface area contributed by atoms with Crippen LogP contribution in [-0.2, 0) is 30.4 Å². The second-order valence-corrected chi connectivity index (χ2v) is 5.33. The minimum Gasteiger partial charge on any atom is -0.468 e. The second kappa shape index (κ2) is 10.4. The van der Waals surface area contributed by atoms with Crippen LogP contribution in [0.4, 0.5) is 5.69 Å². The van der Waals surface area contributed by atoms with Gasteiger partial charge >= 0.3 is 11.9 Å². The molecule has 0 fully saturated rings. The molecule has 1 rings (SSSR count). The summed E-state index contributed by atoms with van der Waals surface area (Å²) in [5.74, 6) is -1.33. The molecule has 0 unspecified atom stereocenters. The lowest BCUT2D eigenvalue weighted by Gasteiger charge is -2.20. The van der Waals surface area contributed by atoms with Gasteiger partial charge in [0.1, 0.15) is 0 Å². The van der Waals surface area contributed by atoms with Crippen LogP contribution in [0, 0.1) is 0 Å². The molecule has 1 aromatic carbocycles. The molecule has 0 radical (unpaired) electrons. The third-order valence-corrected chi connectivity index (χ3v) is 3.35. The normalized spacial score (nSPS) is 11.7. The van der Waals surface area contributed by atoms with Crippen LogP contribution in [0.1, 0.15) is 5.56 Å². The quantitative estimate of drug-likeness (QED) is 0.484. The first-order valence-electron chi connectivity index (χ1n) is 7.61. The number of nitrogens with one attached hydrogen (secondary N) is 1. The first kappa shape index (κ1) is 20.6. The van der Waals surface area contributed by atoms with Crippen LogP contribution in [0.25, 0.3) is 0 Å². The predicted molar refractivity (Wildman–Crippen MR) is 91.4 cm³/mol. The summed E-state index contributed by atoms with van der Waals surface area (Å²) in [6, 6.07) is 6.19. The van der Waals surface area contributed by atoms with E-state index >= 15 is 0 Å². The number of nitrogens with two attached hydrogens (primary N) is 2. The van der Waals surface area contributed by atoms with Crippen molar-refractivity contribution in [2.75, 3.05) is 39.2 Å². The zero-order valence-corrected chi connectivity index (χ0v) is 14.4. The number of benzene rings is 1. The second-order valence-electron chi connectivity index (χ2n) is 5.33. The molecule has 0 spiro atoms. The Kier molecular flexibility index (Phi) is 8.54. The lowest BCUT2D eigenvalue weighted by atomic mass is 10.1. The molecule has 1 amide bonds. The van der Waals surface area contributed by atoms with Gasteiger partial charge in [0.25, 0.3) is 0 Å². The summed E-state index contributed by atoms with van der Waals surface area (Å²) >= 11 is 0. The number of ether oxygens (including phenoxy) is 2. The summed E-state index contributed by atoms with van der Waals surface area (Å²) in [7, 11) is 2.55. The van der Waals surface area contributed by atoms with E-state index in [-0.39, 0.29) is 32.1 Å².